The number of carbonyl (C=O) groups is 2. The third-order valence-corrected chi connectivity index (χ3v) is 4.70. The number of rotatable bonds is 0. The van der Waals surface area contributed by atoms with Crippen molar-refractivity contribution in [2.45, 2.75) is 6.23 Å². The summed E-state index contributed by atoms with van der Waals surface area (Å²) in [5.41, 5.74) is 13.3. The number of fused-ring (bicyclic) bond motifs is 3. The molecule has 7 nitrogen and oxygen atoms in total. The van der Waals surface area contributed by atoms with Crippen LogP contribution in [0.4, 0.5) is 11.4 Å². The van der Waals surface area contributed by atoms with Crippen molar-refractivity contribution in [2.75, 3.05) is 18.5 Å². The molecule has 1 atom stereocenters. The molecule has 1 unspecified atom stereocenters. The van der Waals surface area contributed by atoms with Gasteiger partial charge in [-0.25, -0.2) is 0 Å². The van der Waals surface area contributed by atoms with Crippen molar-refractivity contribution in [3.63, 3.8) is 0 Å². The average Bonchev–Trinajstić information content (AvgIpc) is 2.80. The molecule has 6 N–H and O–H groups in total. The number of hydrogen-bond donors (Lipinski definition) is 4. The van der Waals surface area contributed by atoms with Gasteiger partial charge in [-0.3, -0.25) is 15.0 Å². The Kier molecular flexibility index (Phi) is 2.65. The second-order valence-corrected chi connectivity index (χ2v) is 5.90. The zero-order valence-electron chi connectivity index (χ0n) is 12.8. The Bertz CT molecular complexity index is 980. The number of nitrogen functional groups attached to an aromatic ring is 2. The minimum absolute atomic E-state index is 0.00338. The van der Waals surface area contributed by atoms with E-state index in [2.05, 4.69) is 0 Å². The molecule has 1 aliphatic carbocycles. The monoisotopic (exact) mass is 322 g/mol. The Morgan fingerprint density at radius 3 is 2.04 bits per heavy atom. The van der Waals surface area contributed by atoms with Crippen LogP contribution in [0.5, 0.6) is 0 Å². The predicted octanol–water partition coefficient (Wildman–Crippen LogP) is 0.888. The van der Waals surface area contributed by atoms with E-state index >= 15 is 0 Å². The molecule has 0 saturated heterocycles. The van der Waals surface area contributed by atoms with E-state index in [1.165, 1.54) is 11.9 Å². The lowest BCUT2D eigenvalue weighted by Crippen LogP contribution is -2.25. The van der Waals surface area contributed by atoms with Crippen molar-refractivity contribution in [1.29, 1.82) is 5.41 Å². The van der Waals surface area contributed by atoms with Crippen LogP contribution in [0.1, 0.15) is 49.2 Å². The molecular formula is C17H14N4O3. The van der Waals surface area contributed by atoms with E-state index in [9.17, 15) is 14.7 Å². The molecule has 0 radical (unpaired) electrons. The highest BCUT2D eigenvalue weighted by atomic mass is 16.3. The maximum Gasteiger partial charge on any atom is 0.196 e. The molecule has 4 rings (SSSR count). The number of carbonyl (C=O) groups excluding carboxylic acids is 2. The molecule has 2 aliphatic rings. The van der Waals surface area contributed by atoms with Crippen LogP contribution < -0.4 is 11.5 Å². The first-order valence-electron chi connectivity index (χ1n) is 7.29. The minimum atomic E-state index is -1.18. The number of aliphatic hydroxyl groups is 1. The number of nitrogens with zero attached hydrogens (tertiary/aromatic N) is 1. The van der Waals surface area contributed by atoms with E-state index in [-0.39, 0.29) is 50.6 Å². The van der Waals surface area contributed by atoms with E-state index in [4.69, 9.17) is 16.9 Å². The van der Waals surface area contributed by atoms with Crippen molar-refractivity contribution in [1.82, 2.24) is 4.90 Å². The summed E-state index contributed by atoms with van der Waals surface area (Å²) in [5.74, 6) is -0.840. The molecule has 1 heterocycles. The Balaban J connectivity index is 2.13. The SMILES string of the molecule is CN1C(=N)c2c(N)c3c(c(N)c2C1O)C(=O)c1ccccc1C3=O. The van der Waals surface area contributed by atoms with Crippen LogP contribution in [0.25, 0.3) is 0 Å². The molecule has 0 spiro atoms. The van der Waals surface area contributed by atoms with Gasteiger partial charge in [0.05, 0.1) is 28.1 Å². The van der Waals surface area contributed by atoms with Crippen molar-refractivity contribution in [3.05, 3.63) is 57.6 Å². The molecule has 0 saturated carbocycles. The molecule has 2 aromatic carbocycles. The molecule has 0 amide bonds. The van der Waals surface area contributed by atoms with Gasteiger partial charge in [0.2, 0.25) is 0 Å². The van der Waals surface area contributed by atoms with Crippen molar-refractivity contribution >= 4 is 28.8 Å². The Morgan fingerprint density at radius 1 is 1.00 bits per heavy atom. The first kappa shape index (κ1) is 14.4. The second-order valence-electron chi connectivity index (χ2n) is 5.90. The zero-order chi connectivity index (χ0) is 17.3. The summed E-state index contributed by atoms with van der Waals surface area (Å²) in [4.78, 5) is 27.0. The van der Waals surface area contributed by atoms with Gasteiger partial charge in [0.15, 0.2) is 17.8 Å². The third kappa shape index (κ3) is 1.47. The van der Waals surface area contributed by atoms with E-state index < -0.39 is 17.8 Å². The standard InChI is InChI=1S/C17H14N4O3/c1-21-16(20)10-11(17(21)24)13(19)9-8(12(10)18)14(22)6-4-2-3-5-7(6)15(9)23/h2-5,17,20,24H,18-19H2,1H3. The lowest BCUT2D eigenvalue weighted by atomic mass is 9.80. The highest BCUT2D eigenvalue weighted by Crippen LogP contribution is 2.45. The first-order chi connectivity index (χ1) is 11.4. The maximum absolute atomic E-state index is 12.9. The number of anilines is 2. The minimum Gasteiger partial charge on any atom is -0.398 e. The maximum atomic E-state index is 12.9. The third-order valence-electron chi connectivity index (χ3n) is 4.70. The highest BCUT2D eigenvalue weighted by Gasteiger charge is 2.42. The van der Waals surface area contributed by atoms with Crippen molar-refractivity contribution in [2.24, 2.45) is 0 Å². The molecule has 2 aromatic rings. The van der Waals surface area contributed by atoms with Gasteiger partial charge in [-0.2, -0.15) is 0 Å². The number of benzene rings is 2. The number of nitrogens with two attached hydrogens (primary N) is 2. The summed E-state index contributed by atoms with van der Waals surface area (Å²) < 4.78 is 0. The van der Waals surface area contributed by atoms with Gasteiger partial charge in [0.1, 0.15) is 5.84 Å². The van der Waals surface area contributed by atoms with Crippen LogP contribution in [0.3, 0.4) is 0 Å². The fraction of sp³-hybridized carbons (Fsp3) is 0.118. The molecule has 0 bridgehead atoms. The van der Waals surface area contributed by atoms with Crippen LogP contribution in [-0.2, 0) is 0 Å². The number of nitrogens with one attached hydrogen (secondary N) is 1. The summed E-state index contributed by atoms with van der Waals surface area (Å²) in [7, 11) is 1.52. The molecule has 1 aliphatic heterocycles. The summed E-state index contributed by atoms with van der Waals surface area (Å²) in [6, 6.07) is 6.46. The fourth-order valence-electron chi connectivity index (χ4n) is 3.44. The normalized spacial score (nSPS) is 18.5. The largest absolute Gasteiger partial charge is 0.398 e. The Hall–Kier alpha value is -3.19. The summed E-state index contributed by atoms with van der Waals surface area (Å²) in [5, 5.41) is 18.4. The molecule has 120 valence electrons. The van der Waals surface area contributed by atoms with Crippen LogP contribution in [0.15, 0.2) is 24.3 Å². The zero-order valence-corrected chi connectivity index (χ0v) is 12.8. The van der Waals surface area contributed by atoms with E-state index in [0.29, 0.717) is 0 Å². The van der Waals surface area contributed by atoms with Crippen molar-refractivity contribution in [3.8, 4) is 0 Å². The molecule has 0 fully saturated rings. The van der Waals surface area contributed by atoms with Crippen LogP contribution >= 0.6 is 0 Å². The highest BCUT2D eigenvalue weighted by molar-refractivity contribution is 6.33. The van der Waals surface area contributed by atoms with E-state index in [0.717, 1.165) is 0 Å². The average molecular weight is 322 g/mol. The van der Waals surface area contributed by atoms with Gasteiger partial charge in [-0.05, 0) is 0 Å². The Morgan fingerprint density at radius 2 is 1.50 bits per heavy atom. The predicted molar refractivity (Wildman–Crippen MR) is 88.1 cm³/mol. The van der Waals surface area contributed by atoms with Gasteiger partial charge >= 0.3 is 0 Å². The van der Waals surface area contributed by atoms with Gasteiger partial charge in [-0.1, -0.05) is 24.3 Å². The van der Waals surface area contributed by atoms with Gasteiger partial charge in [0, 0.05) is 23.7 Å². The fourth-order valence-corrected chi connectivity index (χ4v) is 3.44. The van der Waals surface area contributed by atoms with E-state index in [1.807, 2.05) is 0 Å². The Labute approximate surface area is 137 Å². The first-order valence-corrected chi connectivity index (χ1v) is 7.29. The molecular weight excluding hydrogens is 308 g/mol. The molecule has 24 heavy (non-hydrogen) atoms. The van der Waals surface area contributed by atoms with Gasteiger partial charge in [0.25, 0.3) is 0 Å². The number of ketones is 2. The number of aliphatic hydroxyl groups excluding tert-OH is 1. The number of amidine groups is 1. The van der Waals surface area contributed by atoms with Gasteiger partial charge < -0.3 is 21.5 Å². The molecule has 0 aromatic heterocycles. The van der Waals surface area contributed by atoms with Gasteiger partial charge in [-0.15, -0.1) is 0 Å². The summed E-state index contributed by atoms with van der Waals surface area (Å²) >= 11 is 0. The quantitative estimate of drug-likeness (QED) is 0.359. The second kappa shape index (κ2) is 4.42. The topological polar surface area (TPSA) is 134 Å². The van der Waals surface area contributed by atoms with Crippen molar-refractivity contribution < 1.29 is 14.7 Å². The lowest BCUT2D eigenvalue weighted by Gasteiger charge is -2.23. The number of hydrogen-bond acceptors (Lipinski definition) is 6. The van der Waals surface area contributed by atoms with E-state index in [1.54, 1.807) is 24.3 Å². The summed E-state index contributed by atoms with van der Waals surface area (Å²) in [6.07, 6.45) is -1.18. The smallest absolute Gasteiger partial charge is 0.196 e. The summed E-state index contributed by atoms with van der Waals surface area (Å²) in [6.45, 7) is 0. The molecule has 7 heteroatoms. The van der Waals surface area contributed by atoms with Crippen LogP contribution in [0, 0.1) is 5.41 Å². The lowest BCUT2D eigenvalue weighted by molar-refractivity contribution is 0.0783. The van der Waals surface area contributed by atoms with Crippen LogP contribution in [-0.4, -0.2) is 34.5 Å². The van der Waals surface area contributed by atoms with Crippen LogP contribution in [0.2, 0.25) is 0 Å².